The lowest BCUT2D eigenvalue weighted by Gasteiger charge is -1.99. The van der Waals surface area contributed by atoms with Crippen LogP contribution >= 0.6 is 0 Å². The van der Waals surface area contributed by atoms with Gasteiger partial charge in [-0.2, -0.15) is 4.98 Å². The molecule has 0 aliphatic heterocycles. The molecule has 0 fully saturated rings. The van der Waals surface area contributed by atoms with Crippen molar-refractivity contribution in [2.24, 2.45) is 0 Å². The second-order valence-corrected chi connectivity index (χ2v) is 3.75. The van der Waals surface area contributed by atoms with Crippen molar-refractivity contribution in [1.29, 1.82) is 0 Å². The van der Waals surface area contributed by atoms with E-state index in [2.05, 4.69) is 15.1 Å². The number of aromatic amines is 1. The van der Waals surface area contributed by atoms with Crippen LogP contribution in [-0.4, -0.2) is 22.2 Å². The molecule has 0 atom stereocenters. The molecule has 0 unspecified atom stereocenters. The first-order chi connectivity index (χ1) is 8.28. The second-order valence-electron chi connectivity index (χ2n) is 3.75. The van der Waals surface area contributed by atoms with Gasteiger partial charge in [0.15, 0.2) is 0 Å². The number of aryl methyl sites for hydroxylation is 1. The normalized spacial score (nSPS) is 10.9. The van der Waals surface area contributed by atoms with Gasteiger partial charge in [0.1, 0.15) is 5.75 Å². The van der Waals surface area contributed by atoms with Gasteiger partial charge in [-0.05, 0) is 18.2 Å². The lowest BCUT2D eigenvalue weighted by atomic mass is 10.1. The van der Waals surface area contributed by atoms with Crippen molar-refractivity contribution in [3.8, 4) is 17.1 Å². The van der Waals surface area contributed by atoms with Crippen LogP contribution in [0.5, 0.6) is 5.75 Å². The molecule has 1 N–H and O–H groups in total. The first-order valence-electron chi connectivity index (χ1n) is 5.24. The Balaban J connectivity index is 2.22. The van der Waals surface area contributed by atoms with E-state index in [-0.39, 0.29) is 0 Å². The lowest BCUT2D eigenvalue weighted by Crippen LogP contribution is -1.82. The summed E-state index contributed by atoms with van der Waals surface area (Å²) in [5.41, 5.74) is 1.93. The van der Waals surface area contributed by atoms with E-state index in [9.17, 15) is 0 Å². The number of rotatable bonds is 2. The molecule has 0 aliphatic rings. The van der Waals surface area contributed by atoms with E-state index in [1.54, 1.807) is 14.0 Å². The summed E-state index contributed by atoms with van der Waals surface area (Å²) in [6.45, 7) is 1.77. The Morgan fingerprint density at radius 3 is 2.94 bits per heavy atom. The van der Waals surface area contributed by atoms with Crippen LogP contribution in [0.15, 0.2) is 28.9 Å². The van der Waals surface area contributed by atoms with Gasteiger partial charge in [-0.15, -0.1) is 0 Å². The van der Waals surface area contributed by atoms with Crippen LogP contribution in [0.25, 0.3) is 22.3 Å². The molecule has 2 heterocycles. The number of H-pyrrole nitrogens is 1. The Labute approximate surface area is 97.4 Å². The zero-order valence-electron chi connectivity index (χ0n) is 9.52. The summed E-state index contributed by atoms with van der Waals surface area (Å²) < 4.78 is 10.2. The highest BCUT2D eigenvalue weighted by atomic mass is 16.5. The number of hydrogen-bond donors (Lipinski definition) is 1. The first kappa shape index (κ1) is 9.89. The van der Waals surface area contributed by atoms with Gasteiger partial charge in [0.05, 0.1) is 7.11 Å². The molecule has 2 aromatic heterocycles. The van der Waals surface area contributed by atoms with E-state index in [1.165, 1.54) is 0 Å². The van der Waals surface area contributed by atoms with E-state index in [1.807, 2.05) is 24.4 Å². The number of aromatic nitrogens is 3. The average molecular weight is 229 g/mol. The van der Waals surface area contributed by atoms with Crippen molar-refractivity contribution in [1.82, 2.24) is 15.1 Å². The molecule has 0 saturated heterocycles. The molecule has 0 amide bonds. The Kier molecular flexibility index (Phi) is 2.11. The molecule has 3 rings (SSSR count). The fourth-order valence-corrected chi connectivity index (χ4v) is 1.82. The molecule has 0 aliphatic carbocycles. The standard InChI is InChI=1S/C12H11N3O2/c1-7-14-12(15-17-7)10-6-13-11-4-3-8(16-2)5-9(10)11/h3-6,13H,1-2H3. The van der Waals surface area contributed by atoms with Gasteiger partial charge in [0.25, 0.3) is 0 Å². The average Bonchev–Trinajstić information content (AvgIpc) is 2.93. The van der Waals surface area contributed by atoms with E-state index in [0.717, 1.165) is 22.2 Å². The van der Waals surface area contributed by atoms with E-state index >= 15 is 0 Å². The van der Waals surface area contributed by atoms with Gasteiger partial charge in [-0.25, -0.2) is 0 Å². The largest absolute Gasteiger partial charge is 0.497 e. The summed E-state index contributed by atoms with van der Waals surface area (Å²) >= 11 is 0. The molecular formula is C12H11N3O2. The summed E-state index contributed by atoms with van der Waals surface area (Å²) in [5.74, 6) is 1.94. The summed E-state index contributed by atoms with van der Waals surface area (Å²) in [6, 6.07) is 5.82. The van der Waals surface area contributed by atoms with Gasteiger partial charge >= 0.3 is 0 Å². The molecule has 5 heteroatoms. The van der Waals surface area contributed by atoms with Crippen molar-refractivity contribution >= 4 is 10.9 Å². The third-order valence-corrected chi connectivity index (χ3v) is 2.66. The topological polar surface area (TPSA) is 63.9 Å². The predicted octanol–water partition coefficient (Wildman–Crippen LogP) is 2.53. The van der Waals surface area contributed by atoms with Crippen LogP contribution < -0.4 is 4.74 Å². The number of benzene rings is 1. The van der Waals surface area contributed by atoms with E-state index in [4.69, 9.17) is 9.26 Å². The molecule has 0 bridgehead atoms. The molecule has 5 nitrogen and oxygen atoms in total. The highest BCUT2D eigenvalue weighted by Gasteiger charge is 2.12. The second kappa shape index (κ2) is 3.62. The molecule has 86 valence electrons. The quantitative estimate of drug-likeness (QED) is 0.733. The number of nitrogens with zero attached hydrogens (tertiary/aromatic N) is 2. The first-order valence-corrected chi connectivity index (χ1v) is 5.24. The highest BCUT2D eigenvalue weighted by molar-refractivity contribution is 5.94. The number of nitrogens with one attached hydrogen (secondary N) is 1. The minimum absolute atomic E-state index is 0.553. The van der Waals surface area contributed by atoms with Crippen molar-refractivity contribution in [3.05, 3.63) is 30.3 Å². The lowest BCUT2D eigenvalue weighted by molar-refractivity contribution is 0.394. The number of methoxy groups -OCH3 is 1. The predicted molar refractivity (Wildman–Crippen MR) is 62.9 cm³/mol. The maximum Gasteiger partial charge on any atom is 0.223 e. The zero-order chi connectivity index (χ0) is 11.8. The molecular weight excluding hydrogens is 218 g/mol. The van der Waals surface area contributed by atoms with Gasteiger partial charge < -0.3 is 14.2 Å². The fraction of sp³-hybridized carbons (Fsp3) is 0.167. The van der Waals surface area contributed by atoms with Crippen LogP contribution in [0.2, 0.25) is 0 Å². The molecule has 0 radical (unpaired) electrons. The zero-order valence-corrected chi connectivity index (χ0v) is 9.52. The summed E-state index contributed by atoms with van der Waals surface area (Å²) in [5, 5.41) is 4.94. The highest BCUT2D eigenvalue weighted by Crippen LogP contribution is 2.29. The minimum atomic E-state index is 0.553. The van der Waals surface area contributed by atoms with Crippen LogP contribution in [0.3, 0.4) is 0 Å². The van der Waals surface area contributed by atoms with Crippen molar-refractivity contribution < 1.29 is 9.26 Å². The van der Waals surface area contributed by atoms with Gasteiger partial charge in [0, 0.05) is 29.6 Å². The summed E-state index contributed by atoms with van der Waals surface area (Å²) in [7, 11) is 1.64. The summed E-state index contributed by atoms with van der Waals surface area (Å²) in [4.78, 5) is 7.39. The smallest absolute Gasteiger partial charge is 0.223 e. The maximum atomic E-state index is 5.21. The van der Waals surface area contributed by atoms with Crippen LogP contribution in [0.4, 0.5) is 0 Å². The molecule has 3 aromatic rings. The maximum absolute atomic E-state index is 5.21. The van der Waals surface area contributed by atoms with E-state index in [0.29, 0.717) is 11.7 Å². The van der Waals surface area contributed by atoms with E-state index < -0.39 is 0 Å². The Morgan fingerprint density at radius 1 is 1.35 bits per heavy atom. The van der Waals surface area contributed by atoms with Crippen molar-refractivity contribution in [3.63, 3.8) is 0 Å². The minimum Gasteiger partial charge on any atom is -0.497 e. The third-order valence-electron chi connectivity index (χ3n) is 2.66. The summed E-state index contributed by atoms with van der Waals surface area (Å²) in [6.07, 6.45) is 1.87. The number of hydrogen-bond acceptors (Lipinski definition) is 4. The number of ether oxygens (including phenoxy) is 1. The van der Waals surface area contributed by atoms with Crippen LogP contribution in [0, 0.1) is 6.92 Å². The van der Waals surface area contributed by atoms with Crippen molar-refractivity contribution in [2.75, 3.05) is 7.11 Å². The molecule has 17 heavy (non-hydrogen) atoms. The number of fused-ring (bicyclic) bond motifs is 1. The van der Waals surface area contributed by atoms with Crippen LogP contribution in [-0.2, 0) is 0 Å². The SMILES string of the molecule is COc1ccc2[nH]cc(-c3noc(C)n3)c2c1. The van der Waals surface area contributed by atoms with Gasteiger partial charge in [0.2, 0.25) is 11.7 Å². The molecule has 1 aromatic carbocycles. The molecule has 0 saturated carbocycles. The third kappa shape index (κ3) is 1.56. The Hall–Kier alpha value is -2.30. The van der Waals surface area contributed by atoms with Crippen molar-refractivity contribution in [2.45, 2.75) is 6.92 Å². The Bertz CT molecular complexity index is 669. The Morgan fingerprint density at radius 2 is 2.24 bits per heavy atom. The monoisotopic (exact) mass is 229 g/mol. The fourth-order valence-electron chi connectivity index (χ4n) is 1.82. The van der Waals surface area contributed by atoms with Gasteiger partial charge in [-0.3, -0.25) is 0 Å². The van der Waals surface area contributed by atoms with Gasteiger partial charge in [-0.1, -0.05) is 5.16 Å². The van der Waals surface area contributed by atoms with Crippen LogP contribution in [0.1, 0.15) is 5.89 Å². The molecule has 0 spiro atoms.